The first-order valence-electron chi connectivity index (χ1n) is 10.4. The van der Waals surface area contributed by atoms with Gasteiger partial charge in [-0.3, -0.25) is 14.9 Å². The van der Waals surface area contributed by atoms with Gasteiger partial charge >= 0.3 is 0 Å². The van der Waals surface area contributed by atoms with Gasteiger partial charge in [0.05, 0.1) is 17.2 Å². The Morgan fingerprint density at radius 3 is 2.91 bits per heavy atom. The second-order valence-electron chi connectivity index (χ2n) is 8.15. The van der Waals surface area contributed by atoms with Crippen molar-refractivity contribution in [2.24, 2.45) is 0 Å². The highest BCUT2D eigenvalue weighted by molar-refractivity contribution is 6.32. The van der Waals surface area contributed by atoms with Gasteiger partial charge in [-0.05, 0) is 32.4 Å². The molecule has 0 radical (unpaired) electrons. The van der Waals surface area contributed by atoms with Gasteiger partial charge in [-0.2, -0.15) is 0 Å². The number of carbonyl (C=O) groups is 2. The molecule has 1 aliphatic heterocycles. The van der Waals surface area contributed by atoms with E-state index in [1.54, 1.807) is 19.3 Å². The molecule has 0 aliphatic carbocycles. The summed E-state index contributed by atoms with van der Waals surface area (Å²) in [6.07, 6.45) is 2.40. The molecule has 2 amide bonds. The highest BCUT2D eigenvalue weighted by Crippen LogP contribution is 2.29. The molecule has 0 bridgehead atoms. The molecule has 8 heteroatoms. The maximum Gasteiger partial charge on any atom is 0.298 e. The van der Waals surface area contributed by atoms with Gasteiger partial charge in [-0.1, -0.05) is 36.6 Å². The summed E-state index contributed by atoms with van der Waals surface area (Å²) < 4.78 is 5.76. The van der Waals surface area contributed by atoms with E-state index in [-0.39, 0.29) is 11.8 Å². The third-order valence-electron chi connectivity index (χ3n) is 5.05. The highest BCUT2D eigenvalue weighted by Gasteiger charge is 2.30. The largest absolute Gasteiger partial charge is 0.492 e. The molecule has 32 heavy (non-hydrogen) atoms. The molecule has 0 unspecified atom stereocenters. The van der Waals surface area contributed by atoms with E-state index in [2.05, 4.69) is 27.5 Å². The van der Waals surface area contributed by atoms with E-state index in [0.717, 1.165) is 17.5 Å². The van der Waals surface area contributed by atoms with Crippen LogP contribution in [-0.4, -0.2) is 40.9 Å². The molecule has 0 saturated heterocycles. The number of anilines is 1. The van der Waals surface area contributed by atoms with Crippen molar-refractivity contribution in [2.45, 2.75) is 45.8 Å². The normalized spacial score (nSPS) is 14.3. The Labute approximate surface area is 193 Å². The molecule has 1 aliphatic rings. The van der Waals surface area contributed by atoms with Gasteiger partial charge in [0.1, 0.15) is 11.6 Å². The molecule has 0 fully saturated rings. The standard InChI is InChI=1S/C24H27ClN4O3/c1-5-11-32-21-17(7-6-8-19(21)25)15-29(4)20(30)10-9-16-12-18-14-27-24(2,3)23(31)28-22(18)26-13-16/h6-8,12-13,27H,5,11,14-15H2,1-4H3,(H,26,28,31). The Morgan fingerprint density at radius 2 is 2.16 bits per heavy atom. The summed E-state index contributed by atoms with van der Waals surface area (Å²) >= 11 is 6.27. The molecular formula is C24H27ClN4O3. The molecule has 0 atom stereocenters. The van der Waals surface area contributed by atoms with E-state index in [9.17, 15) is 9.59 Å². The number of fused-ring (bicyclic) bond motifs is 1. The first kappa shape index (κ1) is 23.6. The van der Waals surface area contributed by atoms with E-state index in [4.69, 9.17) is 16.3 Å². The first-order valence-corrected chi connectivity index (χ1v) is 10.8. The van der Waals surface area contributed by atoms with Crippen LogP contribution in [0.3, 0.4) is 0 Å². The lowest BCUT2D eigenvalue weighted by Crippen LogP contribution is -2.47. The van der Waals surface area contributed by atoms with Crippen LogP contribution < -0.4 is 15.4 Å². The van der Waals surface area contributed by atoms with E-state index in [1.165, 1.54) is 4.90 Å². The summed E-state index contributed by atoms with van der Waals surface area (Å²) in [7, 11) is 1.68. The molecule has 168 valence electrons. The molecule has 0 spiro atoms. The average molecular weight is 455 g/mol. The van der Waals surface area contributed by atoms with Crippen molar-refractivity contribution >= 4 is 29.2 Å². The summed E-state index contributed by atoms with van der Waals surface area (Å²) in [5.41, 5.74) is 1.52. The van der Waals surface area contributed by atoms with Gasteiger partial charge in [0.25, 0.3) is 5.91 Å². The highest BCUT2D eigenvalue weighted by atomic mass is 35.5. The third-order valence-corrected chi connectivity index (χ3v) is 5.35. The van der Waals surface area contributed by atoms with Gasteiger partial charge in [-0.15, -0.1) is 0 Å². The van der Waals surface area contributed by atoms with Crippen LogP contribution in [0.2, 0.25) is 5.02 Å². The Balaban J connectivity index is 1.72. The number of hydrogen-bond donors (Lipinski definition) is 2. The summed E-state index contributed by atoms with van der Waals surface area (Å²) in [6.45, 7) is 6.97. The zero-order valence-electron chi connectivity index (χ0n) is 18.7. The van der Waals surface area contributed by atoms with Gasteiger partial charge in [0, 0.05) is 48.9 Å². The fraction of sp³-hybridized carbons (Fsp3) is 0.375. The molecular weight excluding hydrogens is 428 g/mol. The molecule has 7 nitrogen and oxygen atoms in total. The van der Waals surface area contributed by atoms with Crippen LogP contribution in [0, 0.1) is 11.8 Å². The molecule has 0 saturated carbocycles. The molecule has 3 rings (SSSR count). The summed E-state index contributed by atoms with van der Waals surface area (Å²) in [6, 6.07) is 7.30. The topological polar surface area (TPSA) is 83.6 Å². The predicted octanol–water partition coefficient (Wildman–Crippen LogP) is 3.35. The number of amides is 2. The number of benzene rings is 1. The van der Waals surface area contributed by atoms with Crippen LogP contribution >= 0.6 is 11.6 Å². The lowest BCUT2D eigenvalue weighted by molar-refractivity contribution is -0.124. The fourth-order valence-corrected chi connectivity index (χ4v) is 3.33. The predicted molar refractivity (Wildman–Crippen MR) is 124 cm³/mol. The van der Waals surface area contributed by atoms with Crippen LogP contribution in [0.15, 0.2) is 30.5 Å². The zero-order valence-corrected chi connectivity index (χ0v) is 19.5. The maximum atomic E-state index is 12.6. The van der Waals surface area contributed by atoms with Crippen LogP contribution in [0.5, 0.6) is 5.75 Å². The van der Waals surface area contributed by atoms with E-state index in [1.807, 2.05) is 39.0 Å². The maximum absolute atomic E-state index is 12.6. The molecule has 2 N–H and O–H groups in total. The Morgan fingerprint density at radius 1 is 1.38 bits per heavy atom. The molecule has 1 aromatic heterocycles. The Bertz CT molecular complexity index is 1090. The number of nitrogens with one attached hydrogen (secondary N) is 2. The SMILES string of the molecule is CCCOc1c(Cl)cccc1CN(C)C(=O)C#Cc1cnc2c(c1)CNC(C)(C)C(=O)N2. The summed E-state index contributed by atoms with van der Waals surface area (Å²) in [4.78, 5) is 30.6. The molecule has 2 heterocycles. The van der Waals surface area contributed by atoms with Crippen molar-refractivity contribution < 1.29 is 14.3 Å². The number of hydrogen-bond acceptors (Lipinski definition) is 5. The Kier molecular flexibility index (Phi) is 7.39. The Hall–Kier alpha value is -3.08. The van der Waals surface area contributed by atoms with Crippen LogP contribution in [0.4, 0.5) is 5.82 Å². The van der Waals surface area contributed by atoms with Crippen molar-refractivity contribution in [1.82, 2.24) is 15.2 Å². The second kappa shape index (κ2) is 10.0. The first-order chi connectivity index (χ1) is 15.2. The van der Waals surface area contributed by atoms with Crippen LogP contribution in [0.25, 0.3) is 0 Å². The zero-order chi connectivity index (χ0) is 23.3. The van der Waals surface area contributed by atoms with Crippen molar-refractivity contribution in [3.8, 4) is 17.6 Å². The minimum Gasteiger partial charge on any atom is -0.492 e. The summed E-state index contributed by atoms with van der Waals surface area (Å²) in [5.74, 6) is 6.14. The molecule has 1 aromatic carbocycles. The number of pyridine rings is 1. The lowest BCUT2D eigenvalue weighted by Gasteiger charge is -2.21. The number of rotatable bonds is 5. The van der Waals surface area contributed by atoms with Crippen LogP contribution in [0.1, 0.15) is 43.9 Å². The summed E-state index contributed by atoms with van der Waals surface area (Å²) in [5, 5.41) is 6.52. The van der Waals surface area contributed by atoms with E-state index in [0.29, 0.717) is 41.8 Å². The van der Waals surface area contributed by atoms with Crippen LogP contribution in [-0.2, 0) is 22.7 Å². The number of halogens is 1. The molecule has 2 aromatic rings. The number of carbonyl (C=O) groups excluding carboxylic acids is 2. The number of ether oxygens (including phenoxy) is 1. The second-order valence-corrected chi connectivity index (χ2v) is 8.56. The minimum absolute atomic E-state index is 0.150. The van der Waals surface area contributed by atoms with E-state index >= 15 is 0 Å². The van der Waals surface area contributed by atoms with Gasteiger partial charge in [-0.25, -0.2) is 4.98 Å². The number of para-hydroxylation sites is 1. The van der Waals surface area contributed by atoms with Gasteiger partial charge in [0.2, 0.25) is 5.91 Å². The quantitative estimate of drug-likeness (QED) is 0.677. The van der Waals surface area contributed by atoms with E-state index < -0.39 is 5.54 Å². The smallest absolute Gasteiger partial charge is 0.298 e. The van der Waals surface area contributed by atoms with Crippen molar-refractivity contribution in [3.63, 3.8) is 0 Å². The van der Waals surface area contributed by atoms with Gasteiger partial charge < -0.3 is 15.0 Å². The number of nitrogens with zero attached hydrogens (tertiary/aromatic N) is 2. The van der Waals surface area contributed by atoms with Crippen molar-refractivity contribution in [2.75, 3.05) is 19.0 Å². The number of aromatic nitrogens is 1. The van der Waals surface area contributed by atoms with Gasteiger partial charge in [0.15, 0.2) is 0 Å². The van der Waals surface area contributed by atoms with Crippen molar-refractivity contribution in [3.05, 3.63) is 52.2 Å². The minimum atomic E-state index is -0.703. The average Bonchev–Trinajstić information content (AvgIpc) is 2.87. The lowest BCUT2D eigenvalue weighted by atomic mass is 10.1. The fourth-order valence-electron chi connectivity index (χ4n) is 3.08. The monoisotopic (exact) mass is 454 g/mol. The van der Waals surface area contributed by atoms with Crippen molar-refractivity contribution in [1.29, 1.82) is 0 Å². The third kappa shape index (κ3) is 5.58.